The lowest BCUT2D eigenvalue weighted by molar-refractivity contribution is 0.393. The fourth-order valence-electron chi connectivity index (χ4n) is 0.507. The van der Waals surface area contributed by atoms with Gasteiger partial charge in [0.05, 0.1) is 6.20 Å². The molecule has 48 valence electrons. The van der Waals surface area contributed by atoms with Gasteiger partial charge in [-0.15, -0.1) is 12.6 Å². The third kappa shape index (κ3) is 1.93. The standard InChI is InChI=1S/C6H7NOS/c9-5-8-6-2-1-3-7-4-6/h1-4,9H,5H2. The summed E-state index contributed by atoms with van der Waals surface area (Å²) >= 11 is 3.88. The highest BCUT2D eigenvalue weighted by molar-refractivity contribution is 7.80. The molecular weight excluding hydrogens is 134 g/mol. The van der Waals surface area contributed by atoms with Crippen molar-refractivity contribution in [3.8, 4) is 5.75 Å². The number of pyridine rings is 1. The van der Waals surface area contributed by atoms with Crippen LogP contribution in [0.2, 0.25) is 0 Å². The Morgan fingerprint density at radius 3 is 3.11 bits per heavy atom. The van der Waals surface area contributed by atoms with E-state index in [1.54, 1.807) is 12.4 Å². The molecule has 2 nitrogen and oxygen atoms in total. The van der Waals surface area contributed by atoms with Gasteiger partial charge < -0.3 is 4.74 Å². The molecule has 1 heterocycles. The topological polar surface area (TPSA) is 22.1 Å². The second-order valence-electron chi connectivity index (χ2n) is 1.46. The van der Waals surface area contributed by atoms with Crippen molar-refractivity contribution in [1.29, 1.82) is 0 Å². The smallest absolute Gasteiger partial charge is 0.138 e. The molecular formula is C6H7NOS. The molecule has 0 aliphatic carbocycles. The van der Waals surface area contributed by atoms with E-state index in [0.717, 1.165) is 5.75 Å². The van der Waals surface area contributed by atoms with Crippen molar-refractivity contribution >= 4 is 12.6 Å². The predicted octanol–water partition coefficient (Wildman–Crippen LogP) is 1.35. The largest absolute Gasteiger partial charge is 0.482 e. The van der Waals surface area contributed by atoms with Gasteiger partial charge in [-0.05, 0) is 12.1 Å². The van der Waals surface area contributed by atoms with Gasteiger partial charge in [0.25, 0.3) is 0 Å². The molecule has 9 heavy (non-hydrogen) atoms. The highest BCUT2D eigenvalue weighted by Crippen LogP contribution is 2.05. The van der Waals surface area contributed by atoms with Gasteiger partial charge in [0.15, 0.2) is 0 Å². The van der Waals surface area contributed by atoms with E-state index in [1.165, 1.54) is 0 Å². The summed E-state index contributed by atoms with van der Waals surface area (Å²) in [6.07, 6.45) is 3.35. The van der Waals surface area contributed by atoms with Crippen molar-refractivity contribution in [3.63, 3.8) is 0 Å². The van der Waals surface area contributed by atoms with E-state index in [1.807, 2.05) is 12.1 Å². The highest BCUT2D eigenvalue weighted by Gasteiger charge is 1.85. The molecule has 0 aliphatic heterocycles. The quantitative estimate of drug-likeness (QED) is 0.496. The van der Waals surface area contributed by atoms with Gasteiger partial charge in [-0.2, -0.15) is 0 Å². The third-order valence-electron chi connectivity index (χ3n) is 0.866. The van der Waals surface area contributed by atoms with E-state index in [9.17, 15) is 0 Å². The van der Waals surface area contributed by atoms with Crippen LogP contribution >= 0.6 is 12.6 Å². The molecule has 0 bridgehead atoms. The summed E-state index contributed by atoms with van der Waals surface area (Å²) in [5.41, 5.74) is 0. The average Bonchev–Trinajstić information content (AvgIpc) is 1.91. The normalized spacial score (nSPS) is 9.00. The van der Waals surface area contributed by atoms with E-state index in [4.69, 9.17) is 4.74 Å². The molecule has 0 aliphatic rings. The van der Waals surface area contributed by atoms with E-state index in [2.05, 4.69) is 17.6 Å². The Hall–Kier alpha value is -0.700. The molecule has 1 rings (SSSR count). The van der Waals surface area contributed by atoms with Crippen LogP contribution in [0.1, 0.15) is 0 Å². The van der Waals surface area contributed by atoms with Gasteiger partial charge >= 0.3 is 0 Å². The summed E-state index contributed by atoms with van der Waals surface area (Å²) in [6.45, 7) is 0. The summed E-state index contributed by atoms with van der Waals surface area (Å²) in [4.78, 5) is 3.84. The Kier molecular flexibility index (Phi) is 2.39. The number of aromatic nitrogens is 1. The zero-order valence-electron chi connectivity index (χ0n) is 4.82. The Balaban J connectivity index is 2.61. The zero-order chi connectivity index (χ0) is 6.53. The molecule has 1 aromatic rings. The molecule has 3 heteroatoms. The van der Waals surface area contributed by atoms with Crippen LogP contribution in [-0.4, -0.2) is 10.9 Å². The maximum atomic E-state index is 5.01. The van der Waals surface area contributed by atoms with Crippen molar-refractivity contribution in [1.82, 2.24) is 4.98 Å². The van der Waals surface area contributed by atoms with Crippen LogP contribution in [0.15, 0.2) is 24.5 Å². The first-order valence-electron chi connectivity index (χ1n) is 2.57. The maximum Gasteiger partial charge on any atom is 0.138 e. The van der Waals surface area contributed by atoms with Gasteiger partial charge in [0, 0.05) is 6.20 Å². The molecule has 0 atom stereocenters. The van der Waals surface area contributed by atoms with Crippen LogP contribution in [0, 0.1) is 0 Å². The fraction of sp³-hybridized carbons (Fsp3) is 0.167. The first-order chi connectivity index (χ1) is 4.43. The van der Waals surface area contributed by atoms with Gasteiger partial charge in [-0.3, -0.25) is 4.98 Å². The van der Waals surface area contributed by atoms with Crippen LogP contribution < -0.4 is 4.74 Å². The minimum Gasteiger partial charge on any atom is -0.482 e. The zero-order valence-corrected chi connectivity index (χ0v) is 5.71. The van der Waals surface area contributed by atoms with E-state index in [-0.39, 0.29) is 0 Å². The van der Waals surface area contributed by atoms with Crippen molar-refractivity contribution < 1.29 is 4.74 Å². The predicted molar refractivity (Wildman–Crippen MR) is 38.7 cm³/mol. The molecule has 0 saturated heterocycles. The Morgan fingerprint density at radius 1 is 1.67 bits per heavy atom. The van der Waals surface area contributed by atoms with Gasteiger partial charge in [-0.25, -0.2) is 0 Å². The Bertz CT molecular complexity index is 166. The number of hydrogen-bond acceptors (Lipinski definition) is 3. The summed E-state index contributed by atoms with van der Waals surface area (Å²) in [5.74, 6) is 1.15. The Morgan fingerprint density at radius 2 is 2.56 bits per heavy atom. The molecule has 0 amide bonds. The molecule has 0 fully saturated rings. The third-order valence-corrected chi connectivity index (χ3v) is 0.995. The van der Waals surface area contributed by atoms with Crippen LogP contribution in [0.3, 0.4) is 0 Å². The van der Waals surface area contributed by atoms with E-state index in [0.29, 0.717) is 5.94 Å². The first-order valence-corrected chi connectivity index (χ1v) is 3.20. The second-order valence-corrected chi connectivity index (χ2v) is 1.72. The monoisotopic (exact) mass is 141 g/mol. The molecule has 0 spiro atoms. The summed E-state index contributed by atoms with van der Waals surface area (Å²) < 4.78 is 5.01. The molecule has 1 aromatic heterocycles. The van der Waals surface area contributed by atoms with Crippen molar-refractivity contribution in [2.45, 2.75) is 0 Å². The SMILES string of the molecule is SCOc1cccnc1. The number of nitrogens with zero attached hydrogens (tertiary/aromatic N) is 1. The second kappa shape index (κ2) is 3.35. The number of rotatable bonds is 2. The molecule has 0 N–H and O–H groups in total. The first kappa shape index (κ1) is 6.42. The number of ether oxygens (including phenoxy) is 1. The summed E-state index contributed by atoms with van der Waals surface area (Å²) in [7, 11) is 0. The van der Waals surface area contributed by atoms with Crippen LogP contribution in [-0.2, 0) is 0 Å². The van der Waals surface area contributed by atoms with Crippen molar-refractivity contribution in [2.75, 3.05) is 5.94 Å². The summed E-state index contributed by atoms with van der Waals surface area (Å²) in [6, 6.07) is 3.65. The lowest BCUT2D eigenvalue weighted by Crippen LogP contribution is -1.88. The number of hydrogen-bond donors (Lipinski definition) is 1. The van der Waals surface area contributed by atoms with Gasteiger partial charge in [-0.1, -0.05) is 0 Å². The van der Waals surface area contributed by atoms with Gasteiger partial charge in [0.1, 0.15) is 11.7 Å². The number of thiol groups is 1. The lowest BCUT2D eigenvalue weighted by atomic mass is 10.5. The molecule has 0 aromatic carbocycles. The van der Waals surface area contributed by atoms with E-state index < -0.39 is 0 Å². The molecule has 0 unspecified atom stereocenters. The fourth-order valence-corrected chi connectivity index (χ4v) is 0.656. The molecule has 0 radical (unpaired) electrons. The molecule has 0 saturated carbocycles. The minimum atomic E-state index is 0.395. The highest BCUT2D eigenvalue weighted by atomic mass is 32.1. The van der Waals surface area contributed by atoms with Gasteiger partial charge in [0.2, 0.25) is 0 Å². The van der Waals surface area contributed by atoms with E-state index >= 15 is 0 Å². The van der Waals surface area contributed by atoms with Crippen molar-refractivity contribution in [3.05, 3.63) is 24.5 Å². The van der Waals surface area contributed by atoms with Crippen LogP contribution in [0.25, 0.3) is 0 Å². The summed E-state index contributed by atoms with van der Waals surface area (Å²) in [5, 5.41) is 0. The lowest BCUT2D eigenvalue weighted by Gasteiger charge is -1.97. The average molecular weight is 141 g/mol. The van der Waals surface area contributed by atoms with Crippen LogP contribution in [0.5, 0.6) is 5.75 Å². The Labute approximate surface area is 59.3 Å². The van der Waals surface area contributed by atoms with Crippen LogP contribution in [0.4, 0.5) is 0 Å². The minimum absolute atomic E-state index is 0.395. The maximum absolute atomic E-state index is 5.01. The van der Waals surface area contributed by atoms with Crippen molar-refractivity contribution in [2.24, 2.45) is 0 Å².